The van der Waals surface area contributed by atoms with Gasteiger partial charge < -0.3 is 4.42 Å². The number of rotatable bonds is 4. The van der Waals surface area contributed by atoms with Gasteiger partial charge in [0.25, 0.3) is 0 Å². The van der Waals surface area contributed by atoms with Gasteiger partial charge in [-0.2, -0.15) is 0 Å². The molecule has 0 amide bonds. The third-order valence-corrected chi connectivity index (χ3v) is 14.3. The smallest absolute Gasteiger partial charge is 0.164 e. The topological polar surface area (TPSA) is 51.8 Å². The molecule has 0 unspecified atom stereocenters. The fourth-order valence-corrected chi connectivity index (χ4v) is 12.3. The number of hydrogen-bond donors (Lipinski definition) is 0. The van der Waals surface area contributed by atoms with Crippen LogP contribution in [-0.4, -0.2) is 15.0 Å². The molecule has 0 aliphatic heterocycles. The van der Waals surface area contributed by atoms with Gasteiger partial charge in [-0.05, 0) is 118 Å². The van der Waals surface area contributed by atoms with Gasteiger partial charge in [0.05, 0.1) is 0 Å². The summed E-state index contributed by atoms with van der Waals surface area (Å²) in [7, 11) is 0. The molecule has 4 saturated carbocycles. The minimum absolute atomic E-state index is 0.0221. The molecular formula is C53H39N3O. The first kappa shape index (κ1) is 31.8. The van der Waals surface area contributed by atoms with Crippen molar-refractivity contribution in [3.8, 4) is 56.4 Å². The maximum Gasteiger partial charge on any atom is 0.164 e. The molecule has 1 spiro atoms. The monoisotopic (exact) mass is 733 g/mol. The number of fused-ring (bicyclic) bond motifs is 8. The van der Waals surface area contributed by atoms with Crippen molar-refractivity contribution in [3.05, 3.63) is 163 Å². The van der Waals surface area contributed by atoms with Gasteiger partial charge in [0.1, 0.15) is 11.2 Å². The highest BCUT2D eigenvalue weighted by Gasteiger charge is 2.62. The summed E-state index contributed by atoms with van der Waals surface area (Å²) in [5, 5.41) is 5.04. The molecule has 7 aromatic carbocycles. The van der Waals surface area contributed by atoms with Crippen molar-refractivity contribution in [1.29, 1.82) is 0 Å². The first-order valence-corrected chi connectivity index (χ1v) is 20.7. The van der Waals surface area contributed by atoms with E-state index in [4.69, 9.17) is 19.4 Å². The lowest BCUT2D eigenvalue weighted by Crippen LogP contribution is -2.55. The van der Waals surface area contributed by atoms with Crippen LogP contribution in [0.5, 0.6) is 0 Å². The molecule has 2 heterocycles. The number of nitrogens with zero attached hydrogens (tertiary/aromatic N) is 3. The van der Waals surface area contributed by atoms with Crippen LogP contribution in [0.3, 0.4) is 0 Å². The number of furan rings is 1. The average molecular weight is 734 g/mol. The zero-order valence-electron chi connectivity index (χ0n) is 31.5. The first-order chi connectivity index (χ1) is 28.2. The minimum atomic E-state index is 0.0221. The zero-order chi connectivity index (χ0) is 37.2. The van der Waals surface area contributed by atoms with Crippen LogP contribution >= 0.6 is 0 Å². The molecule has 5 aliphatic rings. The van der Waals surface area contributed by atoms with E-state index in [9.17, 15) is 0 Å². The fourth-order valence-electron chi connectivity index (χ4n) is 12.3. The van der Waals surface area contributed by atoms with E-state index in [0.29, 0.717) is 23.5 Å². The number of benzene rings is 7. The Hall–Kier alpha value is -6.39. The van der Waals surface area contributed by atoms with Gasteiger partial charge >= 0.3 is 0 Å². The van der Waals surface area contributed by atoms with E-state index in [0.717, 1.165) is 67.4 Å². The predicted octanol–water partition coefficient (Wildman–Crippen LogP) is 13.3. The summed E-state index contributed by atoms with van der Waals surface area (Å²) in [4.78, 5) is 15.8. The lowest BCUT2D eigenvalue weighted by molar-refractivity contribution is -0.0393. The molecule has 2 aromatic heterocycles. The van der Waals surface area contributed by atoms with Gasteiger partial charge in [0.15, 0.2) is 17.5 Å². The van der Waals surface area contributed by atoms with Crippen molar-refractivity contribution in [2.75, 3.05) is 0 Å². The van der Waals surface area contributed by atoms with Gasteiger partial charge in [0, 0.05) is 32.9 Å². The Morgan fingerprint density at radius 2 is 1.07 bits per heavy atom. The van der Waals surface area contributed by atoms with Gasteiger partial charge in [-0.1, -0.05) is 133 Å². The highest BCUT2D eigenvalue weighted by Crippen LogP contribution is 2.70. The van der Waals surface area contributed by atoms with Crippen molar-refractivity contribution < 1.29 is 4.42 Å². The second-order valence-electron chi connectivity index (χ2n) is 17.2. The Morgan fingerprint density at radius 3 is 1.86 bits per heavy atom. The largest absolute Gasteiger partial charge is 0.456 e. The van der Waals surface area contributed by atoms with E-state index in [1.54, 1.807) is 5.56 Å². The molecule has 14 rings (SSSR count). The Bertz CT molecular complexity index is 3060. The SMILES string of the molecule is c1ccc(-c2nc(-c3ccc(-c4ccc5c(c4)oc4ccccc45)cc3)nc(-c3cccc4c3-c3ccc5ccccc5c3C43C4CC5CC(C4)CC3C5)n2)cc1. The Morgan fingerprint density at radius 1 is 0.439 bits per heavy atom. The molecular weight excluding hydrogens is 695 g/mol. The summed E-state index contributed by atoms with van der Waals surface area (Å²) in [6.07, 6.45) is 6.81. The standard InChI is InChI=1S/C53H39N3O/c1-2-10-35(11-3-1)50-54-51(36-19-17-33(18-20-36)37-22-23-42-41-13-6-7-16-46(41)57-47(42)30-37)56-52(55-50)44-14-8-15-45-48(44)43-24-21-34-9-4-5-12-40(34)49(43)53(45)38-26-31-25-32(28-38)29-39(53)27-31/h1-24,30-32,38-39H,25-29H2. The van der Waals surface area contributed by atoms with Gasteiger partial charge in [0.2, 0.25) is 0 Å². The molecule has 4 bridgehead atoms. The molecule has 0 N–H and O–H groups in total. The molecule has 0 saturated heterocycles. The van der Waals surface area contributed by atoms with Gasteiger partial charge in [-0.15, -0.1) is 0 Å². The van der Waals surface area contributed by atoms with Crippen molar-refractivity contribution in [2.45, 2.75) is 37.5 Å². The fraction of sp³-hybridized carbons (Fsp3) is 0.189. The Kier molecular flexibility index (Phi) is 6.59. The highest BCUT2D eigenvalue weighted by molar-refractivity contribution is 6.06. The molecule has 0 radical (unpaired) electrons. The van der Waals surface area contributed by atoms with Crippen LogP contribution in [0.2, 0.25) is 0 Å². The molecule has 9 aromatic rings. The van der Waals surface area contributed by atoms with Crippen LogP contribution in [0.15, 0.2) is 156 Å². The summed E-state index contributed by atoms with van der Waals surface area (Å²) in [6, 6.07) is 54.6. The lowest BCUT2D eigenvalue weighted by Gasteiger charge is -2.61. The first-order valence-electron chi connectivity index (χ1n) is 20.7. The quantitative estimate of drug-likeness (QED) is 0.181. The number of para-hydroxylation sites is 1. The third kappa shape index (κ3) is 4.53. The Labute approximate surface area is 331 Å². The van der Waals surface area contributed by atoms with E-state index in [1.807, 2.05) is 18.2 Å². The zero-order valence-corrected chi connectivity index (χ0v) is 31.5. The summed E-state index contributed by atoms with van der Waals surface area (Å²) in [5.74, 6) is 5.18. The molecule has 272 valence electrons. The summed E-state index contributed by atoms with van der Waals surface area (Å²) < 4.78 is 6.23. The molecule has 4 fully saturated rings. The lowest BCUT2D eigenvalue weighted by atomic mass is 9.43. The maximum absolute atomic E-state index is 6.23. The molecule has 5 aliphatic carbocycles. The van der Waals surface area contributed by atoms with Crippen molar-refractivity contribution in [1.82, 2.24) is 15.0 Å². The molecule has 0 atom stereocenters. The second kappa shape index (κ2) is 11.8. The summed E-state index contributed by atoms with van der Waals surface area (Å²) in [6.45, 7) is 0. The van der Waals surface area contributed by atoms with E-state index < -0.39 is 0 Å². The van der Waals surface area contributed by atoms with Gasteiger partial charge in [-0.3, -0.25) is 0 Å². The van der Waals surface area contributed by atoms with Crippen molar-refractivity contribution >= 4 is 32.7 Å². The molecule has 4 heteroatoms. The molecule has 57 heavy (non-hydrogen) atoms. The van der Waals surface area contributed by atoms with E-state index in [1.165, 1.54) is 59.6 Å². The van der Waals surface area contributed by atoms with Crippen molar-refractivity contribution in [2.24, 2.45) is 23.7 Å². The number of aromatic nitrogens is 3. The normalized spacial score (nSPS) is 22.8. The van der Waals surface area contributed by atoms with Crippen LogP contribution in [0.1, 0.15) is 43.2 Å². The third-order valence-electron chi connectivity index (χ3n) is 14.3. The number of hydrogen-bond acceptors (Lipinski definition) is 4. The summed E-state index contributed by atoms with van der Waals surface area (Å²) in [5.41, 5.74) is 12.9. The van der Waals surface area contributed by atoms with Crippen LogP contribution in [0, 0.1) is 23.7 Å². The Balaban J connectivity index is 0.981. The van der Waals surface area contributed by atoms with Gasteiger partial charge in [-0.25, -0.2) is 15.0 Å². The highest BCUT2D eigenvalue weighted by atomic mass is 16.3. The summed E-state index contributed by atoms with van der Waals surface area (Å²) >= 11 is 0. The van der Waals surface area contributed by atoms with Crippen LogP contribution in [0.4, 0.5) is 0 Å². The predicted molar refractivity (Wildman–Crippen MR) is 230 cm³/mol. The van der Waals surface area contributed by atoms with Crippen LogP contribution in [-0.2, 0) is 5.41 Å². The minimum Gasteiger partial charge on any atom is -0.456 e. The van der Waals surface area contributed by atoms with Crippen LogP contribution < -0.4 is 0 Å². The van der Waals surface area contributed by atoms with Crippen molar-refractivity contribution in [3.63, 3.8) is 0 Å². The average Bonchev–Trinajstić information content (AvgIpc) is 3.79. The molecule has 4 nitrogen and oxygen atoms in total. The van der Waals surface area contributed by atoms with E-state index in [2.05, 4.69) is 133 Å². The van der Waals surface area contributed by atoms with E-state index in [-0.39, 0.29) is 5.41 Å². The van der Waals surface area contributed by atoms with E-state index >= 15 is 0 Å². The van der Waals surface area contributed by atoms with Crippen LogP contribution in [0.25, 0.3) is 89.1 Å². The second-order valence-corrected chi connectivity index (χ2v) is 17.2. The maximum atomic E-state index is 6.23.